The molecule has 0 amide bonds. The van der Waals surface area contributed by atoms with Crippen molar-refractivity contribution in [1.29, 1.82) is 0 Å². The maximum absolute atomic E-state index is 13.9. The highest BCUT2D eigenvalue weighted by atomic mass is 19.1. The van der Waals surface area contributed by atoms with Crippen LogP contribution in [0.25, 0.3) is 0 Å². The molecule has 2 aromatic rings. The van der Waals surface area contributed by atoms with Crippen LogP contribution in [0.2, 0.25) is 0 Å². The standard InChI is InChI=1S/C15H17F2NO/c1-3-10-8-9-13(19-10)15(18-4-2)14-11(16)6-5-7-12(14)17/h5-9,15,18H,3-4H2,1-2H3. The highest BCUT2D eigenvalue weighted by Crippen LogP contribution is 2.28. The van der Waals surface area contributed by atoms with Crippen LogP contribution in [0.1, 0.15) is 37.0 Å². The first-order valence-electron chi connectivity index (χ1n) is 6.43. The van der Waals surface area contributed by atoms with E-state index in [1.807, 2.05) is 19.9 Å². The number of benzene rings is 1. The highest BCUT2D eigenvalue weighted by molar-refractivity contribution is 5.30. The molecule has 1 aromatic heterocycles. The van der Waals surface area contributed by atoms with Crippen molar-refractivity contribution >= 4 is 0 Å². The van der Waals surface area contributed by atoms with E-state index < -0.39 is 17.7 Å². The molecule has 1 heterocycles. The minimum Gasteiger partial charge on any atom is -0.464 e. The summed E-state index contributed by atoms with van der Waals surface area (Å²) in [6.07, 6.45) is 0.749. The van der Waals surface area contributed by atoms with Crippen molar-refractivity contribution in [2.24, 2.45) is 0 Å². The van der Waals surface area contributed by atoms with E-state index in [0.29, 0.717) is 12.3 Å². The van der Waals surface area contributed by atoms with Gasteiger partial charge in [-0.2, -0.15) is 0 Å². The van der Waals surface area contributed by atoms with Crippen molar-refractivity contribution in [3.05, 3.63) is 59.1 Å². The third-order valence-electron chi connectivity index (χ3n) is 3.01. The minimum absolute atomic E-state index is 0.00125. The Morgan fingerprint density at radius 1 is 1.11 bits per heavy atom. The van der Waals surface area contributed by atoms with Gasteiger partial charge in [0, 0.05) is 12.0 Å². The zero-order valence-corrected chi connectivity index (χ0v) is 11.0. The van der Waals surface area contributed by atoms with E-state index in [9.17, 15) is 8.78 Å². The van der Waals surface area contributed by atoms with Gasteiger partial charge in [-0.3, -0.25) is 0 Å². The summed E-state index contributed by atoms with van der Waals surface area (Å²) < 4.78 is 33.4. The van der Waals surface area contributed by atoms with Gasteiger partial charge in [-0.05, 0) is 30.8 Å². The molecule has 1 N–H and O–H groups in total. The average Bonchev–Trinajstić information content (AvgIpc) is 2.86. The van der Waals surface area contributed by atoms with Gasteiger partial charge in [0.25, 0.3) is 0 Å². The predicted octanol–water partition coefficient (Wildman–Crippen LogP) is 3.82. The molecular formula is C15H17F2NO. The van der Waals surface area contributed by atoms with Gasteiger partial charge in [0.1, 0.15) is 23.2 Å². The smallest absolute Gasteiger partial charge is 0.131 e. The van der Waals surface area contributed by atoms with Crippen LogP contribution >= 0.6 is 0 Å². The second-order valence-corrected chi connectivity index (χ2v) is 4.28. The second kappa shape index (κ2) is 5.97. The molecule has 2 nitrogen and oxygen atoms in total. The van der Waals surface area contributed by atoms with E-state index in [2.05, 4.69) is 5.32 Å². The molecule has 0 saturated carbocycles. The molecule has 4 heteroatoms. The van der Waals surface area contributed by atoms with Gasteiger partial charge in [-0.1, -0.05) is 19.9 Å². The van der Waals surface area contributed by atoms with Gasteiger partial charge in [-0.25, -0.2) is 8.78 Å². The van der Waals surface area contributed by atoms with Gasteiger partial charge in [0.2, 0.25) is 0 Å². The van der Waals surface area contributed by atoms with Crippen LogP contribution in [0.15, 0.2) is 34.7 Å². The van der Waals surface area contributed by atoms with Crippen LogP contribution in [-0.2, 0) is 6.42 Å². The van der Waals surface area contributed by atoms with Gasteiger partial charge in [0.15, 0.2) is 0 Å². The normalized spacial score (nSPS) is 12.6. The molecule has 0 bridgehead atoms. The molecule has 1 atom stereocenters. The summed E-state index contributed by atoms with van der Waals surface area (Å²) in [5.74, 6) is 0.193. The van der Waals surface area contributed by atoms with E-state index in [1.165, 1.54) is 18.2 Å². The summed E-state index contributed by atoms with van der Waals surface area (Å²) in [4.78, 5) is 0. The lowest BCUT2D eigenvalue weighted by Gasteiger charge is -2.17. The molecule has 0 fully saturated rings. The average molecular weight is 265 g/mol. The Labute approximate surface area is 111 Å². The van der Waals surface area contributed by atoms with E-state index in [1.54, 1.807) is 6.07 Å². The first kappa shape index (κ1) is 13.7. The van der Waals surface area contributed by atoms with E-state index in [0.717, 1.165) is 12.2 Å². The number of hydrogen-bond donors (Lipinski definition) is 1. The van der Waals surface area contributed by atoms with Crippen molar-refractivity contribution in [2.45, 2.75) is 26.3 Å². The maximum atomic E-state index is 13.9. The summed E-state index contributed by atoms with van der Waals surface area (Å²) in [5, 5.41) is 3.06. The molecule has 1 aromatic carbocycles. The largest absolute Gasteiger partial charge is 0.464 e. The second-order valence-electron chi connectivity index (χ2n) is 4.28. The number of aryl methyl sites for hydroxylation is 1. The summed E-state index contributed by atoms with van der Waals surface area (Å²) >= 11 is 0. The van der Waals surface area contributed by atoms with E-state index >= 15 is 0 Å². The Bertz CT molecular complexity index is 531. The Kier molecular flexibility index (Phi) is 4.32. The summed E-state index contributed by atoms with van der Waals surface area (Å²) in [7, 11) is 0. The fourth-order valence-corrected chi connectivity index (χ4v) is 2.08. The van der Waals surface area contributed by atoms with Crippen molar-refractivity contribution in [1.82, 2.24) is 5.32 Å². The Hall–Kier alpha value is -1.68. The van der Waals surface area contributed by atoms with Crippen LogP contribution in [-0.4, -0.2) is 6.54 Å². The summed E-state index contributed by atoms with van der Waals surface area (Å²) in [6.45, 7) is 4.44. The molecule has 0 aliphatic carbocycles. The number of rotatable bonds is 5. The molecule has 19 heavy (non-hydrogen) atoms. The van der Waals surface area contributed by atoms with Gasteiger partial charge in [0.05, 0.1) is 6.04 Å². The fourth-order valence-electron chi connectivity index (χ4n) is 2.08. The minimum atomic E-state index is -0.605. The lowest BCUT2D eigenvalue weighted by atomic mass is 10.0. The monoisotopic (exact) mass is 265 g/mol. The van der Waals surface area contributed by atoms with Crippen LogP contribution in [0.4, 0.5) is 8.78 Å². The summed E-state index contributed by atoms with van der Waals surface area (Å²) in [6, 6.07) is 6.86. The molecule has 0 spiro atoms. The van der Waals surface area contributed by atoms with Gasteiger partial charge in [-0.15, -0.1) is 0 Å². The molecule has 2 rings (SSSR count). The molecule has 102 valence electrons. The molecule has 0 radical (unpaired) electrons. The highest BCUT2D eigenvalue weighted by Gasteiger charge is 2.23. The number of hydrogen-bond acceptors (Lipinski definition) is 2. The third-order valence-corrected chi connectivity index (χ3v) is 3.01. The summed E-state index contributed by atoms with van der Waals surface area (Å²) in [5.41, 5.74) is 0.00125. The number of furan rings is 1. The predicted molar refractivity (Wildman–Crippen MR) is 70.0 cm³/mol. The maximum Gasteiger partial charge on any atom is 0.131 e. The van der Waals surface area contributed by atoms with E-state index in [-0.39, 0.29) is 5.56 Å². The lowest BCUT2D eigenvalue weighted by molar-refractivity contribution is 0.408. The van der Waals surface area contributed by atoms with Gasteiger partial charge >= 0.3 is 0 Å². The van der Waals surface area contributed by atoms with Crippen molar-refractivity contribution in [3.63, 3.8) is 0 Å². The van der Waals surface area contributed by atoms with Crippen LogP contribution in [0, 0.1) is 11.6 Å². The molecule has 0 aliphatic rings. The molecule has 0 saturated heterocycles. The number of nitrogens with one attached hydrogen (secondary N) is 1. The molecule has 0 aliphatic heterocycles. The van der Waals surface area contributed by atoms with E-state index in [4.69, 9.17) is 4.42 Å². The Morgan fingerprint density at radius 3 is 2.32 bits per heavy atom. The van der Waals surface area contributed by atoms with Crippen molar-refractivity contribution < 1.29 is 13.2 Å². The quantitative estimate of drug-likeness (QED) is 0.889. The first-order valence-corrected chi connectivity index (χ1v) is 6.43. The zero-order valence-electron chi connectivity index (χ0n) is 11.0. The molecule has 1 unspecified atom stereocenters. The Balaban J connectivity index is 2.45. The zero-order chi connectivity index (χ0) is 13.8. The van der Waals surface area contributed by atoms with Crippen LogP contribution in [0.5, 0.6) is 0 Å². The number of halogens is 2. The van der Waals surface area contributed by atoms with Crippen molar-refractivity contribution in [3.8, 4) is 0 Å². The van der Waals surface area contributed by atoms with Crippen LogP contribution in [0.3, 0.4) is 0 Å². The Morgan fingerprint density at radius 2 is 1.79 bits per heavy atom. The van der Waals surface area contributed by atoms with Crippen LogP contribution < -0.4 is 5.32 Å². The van der Waals surface area contributed by atoms with Crippen molar-refractivity contribution in [2.75, 3.05) is 6.54 Å². The fraction of sp³-hybridized carbons (Fsp3) is 0.333. The van der Waals surface area contributed by atoms with Gasteiger partial charge < -0.3 is 9.73 Å². The molecular weight excluding hydrogens is 248 g/mol. The topological polar surface area (TPSA) is 25.2 Å². The third kappa shape index (κ3) is 2.84. The SMILES string of the molecule is CCNC(c1ccc(CC)o1)c1c(F)cccc1F. The first-order chi connectivity index (χ1) is 9.17. The lowest BCUT2D eigenvalue weighted by Crippen LogP contribution is -2.23.